The molecule has 4 heteroatoms. The van der Waals surface area contributed by atoms with E-state index >= 15 is 0 Å². The first kappa shape index (κ1) is 14.2. The number of halogens is 1. The zero-order chi connectivity index (χ0) is 15.5. The topological polar surface area (TPSA) is 28.7 Å². The fourth-order valence-electron chi connectivity index (χ4n) is 3.30. The summed E-state index contributed by atoms with van der Waals surface area (Å²) in [5, 5.41) is 5.46. The van der Waals surface area contributed by atoms with Gasteiger partial charge in [-0.15, -0.1) is 0 Å². The lowest BCUT2D eigenvalue weighted by atomic mass is 10.1. The number of aromatic nitrogens is 2. The van der Waals surface area contributed by atoms with Gasteiger partial charge in [-0.05, 0) is 52.0 Å². The number of pyridine rings is 1. The molecule has 2 aromatic heterocycles. The first-order chi connectivity index (χ1) is 10.4. The maximum atomic E-state index is 4.89. The number of nitrogens with one attached hydrogen (secondary N) is 1. The number of para-hydroxylation sites is 1. The second kappa shape index (κ2) is 4.79. The van der Waals surface area contributed by atoms with Gasteiger partial charge in [0, 0.05) is 25.2 Å². The van der Waals surface area contributed by atoms with Crippen molar-refractivity contribution in [1.82, 2.24) is 9.97 Å². The van der Waals surface area contributed by atoms with E-state index in [9.17, 15) is 0 Å². The second-order valence-corrected chi connectivity index (χ2v) is 13.0. The van der Waals surface area contributed by atoms with E-state index in [1.54, 1.807) is 0 Å². The van der Waals surface area contributed by atoms with Crippen molar-refractivity contribution in [3.05, 3.63) is 46.0 Å². The van der Waals surface area contributed by atoms with Crippen LogP contribution in [-0.2, 0) is 0 Å². The Labute approximate surface area is 144 Å². The standard InChI is InChI=1S/C18H17IN2Si/c1-22(2,3)17-13-10-11(19)8-9-15(13)21-18-16(17)12-6-4-5-7-14(12)20-18/h4-10H,1-3H3,(H,20,21). The molecule has 0 amide bonds. The summed E-state index contributed by atoms with van der Waals surface area (Å²) in [6.45, 7) is 7.26. The minimum atomic E-state index is -1.53. The van der Waals surface area contributed by atoms with Gasteiger partial charge in [-0.1, -0.05) is 37.8 Å². The molecule has 0 aliphatic carbocycles. The molecule has 1 N–H and O–H groups in total. The van der Waals surface area contributed by atoms with Gasteiger partial charge in [-0.25, -0.2) is 4.98 Å². The van der Waals surface area contributed by atoms with Crippen LogP contribution in [0, 0.1) is 3.57 Å². The van der Waals surface area contributed by atoms with E-state index in [-0.39, 0.29) is 0 Å². The molecule has 2 heterocycles. The van der Waals surface area contributed by atoms with Crippen LogP contribution >= 0.6 is 22.6 Å². The van der Waals surface area contributed by atoms with Crippen molar-refractivity contribution in [2.45, 2.75) is 19.6 Å². The van der Waals surface area contributed by atoms with Crippen LogP contribution in [0.2, 0.25) is 19.6 Å². The molecule has 0 aliphatic heterocycles. The average Bonchev–Trinajstić information content (AvgIpc) is 2.81. The highest BCUT2D eigenvalue weighted by Crippen LogP contribution is 2.29. The van der Waals surface area contributed by atoms with Crippen molar-refractivity contribution >= 4 is 68.7 Å². The molecule has 4 rings (SSSR count). The van der Waals surface area contributed by atoms with Gasteiger partial charge >= 0.3 is 0 Å². The second-order valence-electron chi connectivity index (χ2n) is 6.79. The highest BCUT2D eigenvalue weighted by atomic mass is 127. The Kier molecular flexibility index (Phi) is 3.10. The Balaban J connectivity index is 2.34. The van der Waals surface area contributed by atoms with Gasteiger partial charge in [0.2, 0.25) is 0 Å². The zero-order valence-electron chi connectivity index (χ0n) is 12.9. The normalized spacial score (nSPS) is 12.5. The predicted molar refractivity (Wildman–Crippen MR) is 107 cm³/mol. The largest absolute Gasteiger partial charge is 0.339 e. The van der Waals surface area contributed by atoms with E-state index in [1.165, 1.54) is 30.4 Å². The molecular formula is C18H17IN2Si. The molecule has 0 saturated carbocycles. The first-order valence-corrected chi connectivity index (χ1v) is 12.0. The molecule has 4 aromatic rings. The van der Waals surface area contributed by atoms with Gasteiger partial charge in [0.1, 0.15) is 5.65 Å². The minimum absolute atomic E-state index is 1.02. The summed E-state index contributed by atoms with van der Waals surface area (Å²) in [6, 6.07) is 15.1. The Morgan fingerprint density at radius 1 is 1.00 bits per heavy atom. The van der Waals surface area contributed by atoms with Crippen molar-refractivity contribution in [2.24, 2.45) is 0 Å². The number of fused-ring (bicyclic) bond motifs is 4. The van der Waals surface area contributed by atoms with E-state index in [2.05, 4.69) is 89.7 Å². The lowest BCUT2D eigenvalue weighted by Crippen LogP contribution is -2.39. The smallest absolute Gasteiger partial charge is 0.138 e. The summed E-state index contributed by atoms with van der Waals surface area (Å²) in [5.74, 6) is 0. The van der Waals surface area contributed by atoms with E-state index in [0.717, 1.165) is 11.2 Å². The lowest BCUT2D eigenvalue weighted by Gasteiger charge is -2.21. The molecule has 0 radical (unpaired) electrons. The lowest BCUT2D eigenvalue weighted by molar-refractivity contribution is 1.40. The van der Waals surface area contributed by atoms with E-state index < -0.39 is 8.07 Å². The van der Waals surface area contributed by atoms with Gasteiger partial charge in [0.25, 0.3) is 0 Å². The molecule has 2 nitrogen and oxygen atoms in total. The SMILES string of the molecule is C[Si](C)(C)c1c2cc(I)ccc2nc2[nH]c3ccccc3c12. The van der Waals surface area contributed by atoms with Gasteiger partial charge in [0.15, 0.2) is 0 Å². The molecule has 0 saturated heterocycles. The van der Waals surface area contributed by atoms with Crippen LogP contribution in [0.4, 0.5) is 0 Å². The van der Waals surface area contributed by atoms with Crippen LogP contribution in [0.5, 0.6) is 0 Å². The van der Waals surface area contributed by atoms with Crippen molar-refractivity contribution in [3.8, 4) is 0 Å². The van der Waals surface area contributed by atoms with Crippen LogP contribution in [0.3, 0.4) is 0 Å². The molecule has 0 unspecified atom stereocenters. The summed E-state index contributed by atoms with van der Waals surface area (Å²) in [7, 11) is -1.53. The van der Waals surface area contributed by atoms with Crippen LogP contribution in [0.15, 0.2) is 42.5 Å². The quantitative estimate of drug-likeness (QED) is 0.343. The van der Waals surface area contributed by atoms with Crippen LogP contribution in [-0.4, -0.2) is 18.0 Å². The van der Waals surface area contributed by atoms with Crippen molar-refractivity contribution in [3.63, 3.8) is 0 Å². The molecule has 0 spiro atoms. The zero-order valence-corrected chi connectivity index (χ0v) is 16.0. The van der Waals surface area contributed by atoms with Crippen molar-refractivity contribution in [1.29, 1.82) is 0 Å². The number of hydrogen-bond acceptors (Lipinski definition) is 1. The molecule has 110 valence electrons. The van der Waals surface area contributed by atoms with Crippen LogP contribution < -0.4 is 5.19 Å². The van der Waals surface area contributed by atoms with E-state index in [0.29, 0.717) is 0 Å². The maximum absolute atomic E-state index is 4.89. The summed E-state index contributed by atoms with van der Waals surface area (Å²) in [4.78, 5) is 8.40. The third-order valence-electron chi connectivity index (χ3n) is 4.15. The molecule has 22 heavy (non-hydrogen) atoms. The fraction of sp³-hybridized carbons (Fsp3) is 0.167. The third kappa shape index (κ3) is 2.08. The van der Waals surface area contributed by atoms with Gasteiger partial charge in [-0.3, -0.25) is 0 Å². The maximum Gasteiger partial charge on any atom is 0.138 e. The van der Waals surface area contributed by atoms with E-state index in [4.69, 9.17) is 4.98 Å². The minimum Gasteiger partial charge on any atom is -0.339 e. The summed E-state index contributed by atoms with van der Waals surface area (Å²) in [5.41, 5.74) is 3.29. The van der Waals surface area contributed by atoms with E-state index in [1.807, 2.05) is 0 Å². The van der Waals surface area contributed by atoms with Gasteiger partial charge in [0.05, 0.1) is 13.6 Å². The van der Waals surface area contributed by atoms with Crippen molar-refractivity contribution < 1.29 is 0 Å². The third-order valence-corrected chi connectivity index (χ3v) is 6.84. The number of aromatic amines is 1. The fourth-order valence-corrected chi connectivity index (χ4v) is 5.81. The first-order valence-electron chi connectivity index (χ1n) is 7.45. The Bertz CT molecular complexity index is 1030. The number of benzene rings is 2. The Hall–Kier alpha value is -1.40. The molecule has 0 fully saturated rings. The Morgan fingerprint density at radius 2 is 1.77 bits per heavy atom. The monoisotopic (exact) mass is 416 g/mol. The number of nitrogens with zero attached hydrogens (tertiary/aromatic N) is 1. The number of rotatable bonds is 1. The van der Waals surface area contributed by atoms with Crippen LogP contribution in [0.1, 0.15) is 0 Å². The molecule has 2 aromatic carbocycles. The van der Waals surface area contributed by atoms with Gasteiger partial charge < -0.3 is 4.98 Å². The summed E-state index contributed by atoms with van der Waals surface area (Å²) >= 11 is 2.39. The Morgan fingerprint density at radius 3 is 2.55 bits per heavy atom. The highest BCUT2D eigenvalue weighted by Gasteiger charge is 2.25. The molecule has 0 aliphatic rings. The number of hydrogen-bond donors (Lipinski definition) is 1. The number of H-pyrrole nitrogens is 1. The summed E-state index contributed by atoms with van der Waals surface area (Å²) < 4.78 is 1.27. The highest BCUT2D eigenvalue weighted by molar-refractivity contribution is 14.1. The van der Waals surface area contributed by atoms with Crippen LogP contribution in [0.25, 0.3) is 32.8 Å². The average molecular weight is 416 g/mol. The molecular weight excluding hydrogens is 399 g/mol. The molecule has 0 atom stereocenters. The summed E-state index contributed by atoms with van der Waals surface area (Å²) in [6.07, 6.45) is 0. The molecule has 0 bridgehead atoms. The van der Waals surface area contributed by atoms with Crippen molar-refractivity contribution in [2.75, 3.05) is 0 Å². The van der Waals surface area contributed by atoms with Gasteiger partial charge in [-0.2, -0.15) is 0 Å². The predicted octanol–water partition coefficient (Wildman–Crippen LogP) is 5.02.